The maximum absolute atomic E-state index is 13.2. The smallest absolute Gasteiger partial charge is 0.289 e. The molecule has 0 unspecified atom stereocenters. The fourth-order valence-corrected chi connectivity index (χ4v) is 3.97. The van der Waals surface area contributed by atoms with Crippen LogP contribution in [-0.4, -0.2) is 9.13 Å². The SMILES string of the molecule is Cc1ccc(Cn2c(=O)n(CCc3cccs3)c(=O)c3ccccc32)cc1. The van der Waals surface area contributed by atoms with Crippen molar-refractivity contribution < 1.29 is 0 Å². The Balaban J connectivity index is 1.82. The average molecular weight is 376 g/mol. The van der Waals surface area contributed by atoms with Crippen molar-refractivity contribution in [3.05, 3.63) is 103 Å². The first-order chi connectivity index (χ1) is 13.1. The van der Waals surface area contributed by atoms with Gasteiger partial charge in [0.25, 0.3) is 5.56 Å². The topological polar surface area (TPSA) is 44.0 Å². The van der Waals surface area contributed by atoms with Gasteiger partial charge in [-0.05, 0) is 42.5 Å². The molecule has 0 atom stereocenters. The largest absolute Gasteiger partial charge is 0.331 e. The zero-order valence-electron chi connectivity index (χ0n) is 15.1. The molecule has 0 N–H and O–H groups in total. The second-order valence-corrected chi connectivity index (χ2v) is 7.69. The van der Waals surface area contributed by atoms with E-state index in [1.165, 1.54) is 15.0 Å². The van der Waals surface area contributed by atoms with Crippen LogP contribution in [0.4, 0.5) is 0 Å². The van der Waals surface area contributed by atoms with Crippen LogP contribution >= 0.6 is 11.3 Å². The lowest BCUT2D eigenvalue weighted by Crippen LogP contribution is -2.40. The van der Waals surface area contributed by atoms with Gasteiger partial charge < -0.3 is 0 Å². The molecule has 2 heterocycles. The number of para-hydroxylation sites is 1. The molecule has 4 nitrogen and oxygen atoms in total. The molecule has 136 valence electrons. The fourth-order valence-electron chi connectivity index (χ4n) is 3.27. The Morgan fingerprint density at radius 1 is 0.889 bits per heavy atom. The summed E-state index contributed by atoms with van der Waals surface area (Å²) in [5.74, 6) is 0. The van der Waals surface area contributed by atoms with Gasteiger partial charge >= 0.3 is 5.69 Å². The molecule has 0 fully saturated rings. The van der Waals surface area contributed by atoms with Gasteiger partial charge in [-0.15, -0.1) is 11.3 Å². The highest BCUT2D eigenvalue weighted by atomic mass is 32.1. The minimum absolute atomic E-state index is 0.215. The van der Waals surface area contributed by atoms with Crippen LogP contribution in [0.3, 0.4) is 0 Å². The lowest BCUT2D eigenvalue weighted by atomic mass is 10.1. The molecule has 27 heavy (non-hydrogen) atoms. The minimum atomic E-state index is -0.254. The molecule has 0 aliphatic rings. The number of hydrogen-bond donors (Lipinski definition) is 0. The molecule has 0 spiro atoms. The summed E-state index contributed by atoms with van der Waals surface area (Å²) in [6.07, 6.45) is 0.676. The predicted octanol–water partition coefficient (Wildman–Crippen LogP) is 3.82. The van der Waals surface area contributed by atoms with Crippen molar-refractivity contribution in [1.82, 2.24) is 9.13 Å². The highest BCUT2D eigenvalue weighted by molar-refractivity contribution is 7.09. The molecule has 0 saturated carbocycles. The Bertz CT molecular complexity index is 1190. The van der Waals surface area contributed by atoms with Crippen LogP contribution in [0.5, 0.6) is 0 Å². The van der Waals surface area contributed by atoms with Gasteiger partial charge in [0.05, 0.1) is 17.4 Å². The highest BCUT2D eigenvalue weighted by Crippen LogP contribution is 2.12. The van der Waals surface area contributed by atoms with Crippen LogP contribution in [0, 0.1) is 6.92 Å². The van der Waals surface area contributed by atoms with Gasteiger partial charge in [-0.1, -0.05) is 48.0 Å². The summed E-state index contributed by atoms with van der Waals surface area (Å²) in [7, 11) is 0. The molecule has 5 heteroatoms. The molecule has 2 aromatic heterocycles. The van der Waals surface area contributed by atoms with Crippen molar-refractivity contribution in [2.45, 2.75) is 26.4 Å². The monoisotopic (exact) mass is 376 g/mol. The number of benzene rings is 2. The van der Waals surface area contributed by atoms with Crippen LogP contribution in [0.2, 0.25) is 0 Å². The minimum Gasteiger partial charge on any atom is -0.289 e. The lowest BCUT2D eigenvalue weighted by molar-refractivity contribution is 0.592. The third-order valence-electron chi connectivity index (χ3n) is 4.76. The van der Waals surface area contributed by atoms with Gasteiger partial charge in [-0.25, -0.2) is 4.79 Å². The van der Waals surface area contributed by atoms with E-state index in [1.807, 2.05) is 66.9 Å². The Morgan fingerprint density at radius 3 is 2.41 bits per heavy atom. The Kier molecular flexibility index (Phi) is 4.77. The number of nitrogens with zero attached hydrogens (tertiary/aromatic N) is 2. The van der Waals surface area contributed by atoms with Crippen LogP contribution < -0.4 is 11.2 Å². The quantitative estimate of drug-likeness (QED) is 0.531. The van der Waals surface area contributed by atoms with E-state index in [0.29, 0.717) is 30.4 Å². The molecule has 0 bridgehead atoms. The summed E-state index contributed by atoms with van der Waals surface area (Å²) in [6.45, 7) is 2.87. The van der Waals surface area contributed by atoms with Gasteiger partial charge in [0.2, 0.25) is 0 Å². The fraction of sp³-hybridized carbons (Fsp3) is 0.182. The predicted molar refractivity (Wildman–Crippen MR) is 111 cm³/mol. The number of rotatable bonds is 5. The molecule has 0 aliphatic heterocycles. The second-order valence-electron chi connectivity index (χ2n) is 6.66. The number of thiophene rings is 1. The molecule has 0 amide bonds. The summed E-state index contributed by atoms with van der Waals surface area (Å²) < 4.78 is 3.08. The van der Waals surface area contributed by atoms with Crippen LogP contribution in [0.25, 0.3) is 10.9 Å². The highest BCUT2D eigenvalue weighted by Gasteiger charge is 2.13. The van der Waals surface area contributed by atoms with Crippen molar-refractivity contribution in [3.8, 4) is 0 Å². The van der Waals surface area contributed by atoms with E-state index >= 15 is 0 Å². The van der Waals surface area contributed by atoms with Crippen molar-refractivity contribution >= 4 is 22.2 Å². The van der Waals surface area contributed by atoms with Crippen LogP contribution in [0.15, 0.2) is 75.6 Å². The molecule has 0 saturated heterocycles. The zero-order valence-corrected chi connectivity index (χ0v) is 15.9. The van der Waals surface area contributed by atoms with Crippen molar-refractivity contribution in [2.24, 2.45) is 0 Å². The summed E-state index contributed by atoms with van der Waals surface area (Å²) in [5.41, 5.74) is 2.43. The maximum Gasteiger partial charge on any atom is 0.331 e. The van der Waals surface area contributed by atoms with Gasteiger partial charge in [-0.2, -0.15) is 0 Å². The van der Waals surface area contributed by atoms with E-state index < -0.39 is 0 Å². The molecule has 4 rings (SSSR count). The Labute approximate surface area is 161 Å². The summed E-state index contributed by atoms with van der Waals surface area (Å²) in [4.78, 5) is 27.2. The molecule has 2 aromatic carbocycles. The zero-order chi connectivity index (χ0) is 18.8. The van der Waals surface area contributed by atoms with Crippen molar-refractivity contribution in [1.29, 1.82) is 0 Å². The molecular formula is C22H20N2O2S. The molecule has 0 aliphatic carbocycles. The normalized spacial score (nSPS) is 11.1. The van der Waals surface area contributed by atoms with E-state index in [2.05, 4.69) is 0 Å². The number of fused-ring (bicyclic) bond motifs is 1. The van der Waals surface area contributed by atoms with E-state index in [-0.39, 0.29) is 11.2 Å². The van der Waals surface area contributed by atoms with E-state index in [0.717, 1.165) is 5.56 Å². The molecule has 0 radical (unpaired) electrons. The van der Waals surface area contributed by atoms with Crippen molar-refractivity contribution in [2.75, 3.05) is 0 Å². The first-order valence-corrected chi connectivity index (χ1v) is 9.82. The van der Waals surface area contributed by atoms with Gasteiger partial charge in [0.1, 0.15) is 0 Å². The lowest BCUT2D eigenvalue weighted by Gasteiger charge is -2.14. The standard InChI is InChI=1S/C22H20N2O2S/c1-16-8-10-17(11-9-16)15-24-20-7-3-2-6-19(20)21(25)23(22(24)26)13-12-18-5-4-14-27-18/h2-11,14H,12-13,15H2,1H3. The Morgan fingerprint density at radius 2 is 1.67 bits per heavy atom. The summed E-state index contributed by atoms with van der Waals surface area (Å²) in [5, 5.41) is 2.59. The number of aromatic nitrogens is 2. The van der Waals surface area contributed by atoms with Crippen LogP contribution in [-0.2, 0) is 19.5 Å². The third kappa shape index (κ3) is 3.51. The van der Waals surface area contributed by atoms with Crippen molar-refractivity contribution in [3.63, 3.8) is 0 Å². The number of hydrogen-bond acceptors (Lipinski definition) is 3. The van der Waals surface area contributed by atoms with Crippen LogP contribution in [0.1, 0.15) is 16.0 Å². The number of aryl methyl sites for hydroxylation is 2. The van der Waals surface area contributed by atoms with Gasteiger partial charge in [-0.3, -0.25) is 13.9 Å². The first kappa shape index (κ1) is 17.5. The molecule has 4 aromatic rings. The van der Waals surface area contributed by atoms with E-state index in [1.54, 1.807) is 22.0 Å². The van der Waals surface area contributed by atoms with Gasteiger partial charge in [0, 0.05) is 11.4 Å². The second kappa shape index (κ2) is 7.37. The summed E-state index contributed by atoms with van der Waals surface area (Å²) in [6, 6.07) is 19.5. The first-order valence-electron chi connectivity index (χ1n) is 8.94. The maximum atomic E-state index is 13.2. The van der Waals surface area contributed by atoms with E-state index in [9.17, 15) is 9.59 Å². The summed E-state index contributed by atoms with van der Waals surface area (Å²) >= 11 is 1.64. The average Bonchev–Trinajstić information content (AvgIpc) is 3.20. The Hall–Kier alpha value is -2.92. The van der Waals surface area contributed by atoms with E-state index in [4.69, 9.17) is 0 Å². The van der Waals surface area contributed by atoms with Gasteiger partial charge in [0.15, 0.2) is 0 Å². The third-order valence-corrected chi connectivity index (χ3v) is 5.69. The molecular weight excluding hydrogens is 356 g/mol.